The lowest BCUT2D eigenvalue weighted by Gasteiger charge is -2.22. The maximum Gasteiger partial charge on any atom is 0.319 e. The first kappa shape index (κ1) is 12.2. The predicted molar refractivity (Wildman–Crippen MR) is 69.0 cm³/mol. The van der Waals surface area contributed by atoms with E-state index in [0.717, 1.165) is 6.42 Å². The fourth-order valence-corrected chi connectivity index (χ4v) is 1.85. The van der Waals surface area contributed by atoms with E-state index in [9.17, 15) is 9.59 Å². The number of urea groups is 1. The summed E-state index contributed by atoms with van der Waals surface area (Å²) in [5, 5.41) is 7.98. The van der Waals surface area contributed by atoms with Crippen LogP contribution in [0.4, 0.5) is 16.2 Å². The van der Waals surface area contributed by atoms with Gasteiger partial charge < -0.3 is 21.7 Å². The van der Waals surface area contributed by atoms with Crippen LogP contribution < -0.4 is 21.7 Å². The van der Waals surface area contributed by atoms with Crippen molar-refractivity contribution in [3.63, 3.8) is 0 Å². The topological polar surface area (TPSA) is 96.2 Å². The van der Waals surface area contributed by atoms with Crippen molar-refractivity contribution < 1.29 is 9.59 Å². The van der Waals surface area contributed by atoms with Gasteiger partial charge in [0.25, 0.3) is 0 Å². The molecule has 0 spiro atoms. The van der Waals surface area contributed by atoms with Gasteiger partial charge in [-0.05, 0) is 31.0 Å². The Morgan fingerprint density at radius 1 is 1.44 bits per heavy atom. The smallest absolute Gasteiger partial charge is 0.319 e. The van der Waals surface area contributed by atoms with E-state index in [-0.39, 0.29) is 5.91 Å². The average Bonchev–Trinajstić information content (AvgIpc) is 2.32. The molecule has 5 N–H and O–H groups in total. The van der Waals surface area contributed by atoms with Crippen molar-refractivity contribution in [2.24, 2.45) is 0 Å². The maximum atomic E-state index is 11.7. The van der Waals surface area contributed by atoms with Crippen LogP contribution in [-0.4, -0.2) is 24.5 Å². The van der Waals surface area contributed by atoms with Crippen LogP contribution in [0, 0.1) is 0 Å². The van der Waals surface area contributed by atoms with Crippen molar-refractivity contribution in [3.8, 4) is 0 Å². The lowest BCUT2D eigenvalue weighted by atomic mass is 10.1. The van der Waals surface area contributed by atoms with E-state index in [0.29, 0.717) is 24.3 Å². The fourth-order valence-electron chi connectivity index (χ4n) is 1.85. The molecule has 3 amide bonds. The highest BCUT2D eigenvalue weighted by molar-refractivity contribution is 5.94. The summed E-state index contributed by atoms with van der Waals surface area (Å²) in [7, 11) is 0. The molecule has 18 heavy (non-hydrogen) atoms. The molecule has 1 aliphatic heterocycles. The molecule has 1 saturated heterocycles. The molecule has 0 aliphatic carbocycles. The van der Waals surface area contributed by atoms with E-state index < -0.39 is 12.1 Å². The first-order chi connectivity index (χ1) is 8.65. The zero-order valence-electron chi connectivity index (χ0n) is 9.90. The van der Waals surface area contributed by atoms with Gasteiger partial charge in [0.2, 0.25) is 5.91 Å². The molecule has 2 rings (SSSR count). The Bertz CT molecular complexity index is 461. The van der Waals surface area contributed by atoms with Crippen LogP contribution in [0.25, 0.3) is 0 Å². The fraction of sp³-hybridized carbons (Fsp3) is 0.333. The van der Waals surface area contributed by atoms with Crippen LogP contribution in [0.2, 0.25) is 0 Å². The minimum Gasteiger partial charge on any atom is -0.399 e. The Kier molecular flexibility index (Phi) is 3.66. The van der Waals surface area contributed by atoms with E-state index in [4.69, 9.17) is 5.73 Å². The average molecular weight is 248 g/mol. The van der Waals surface area contributed by atoms with Gasteiger partial charge in [0.1, 0.15) is 6.04 Å². The third kappa shape index (κ3) is 3.13. The lowest BCUT2D eigenvalue weighted by Crippen LogP contribution is -2.51. The summed E-state index contributed by atoms with van der Waals surface area (Å²) in [6.07, 6.45) is 1.53. The summed E-state index contributed by atoms with van der Waals surface area (Å²) in [6, 6.07) is 6.01. The van der Waals surface area contributed by atoms with Crippen LogP contribution in [0.15, 0.2) is 24.3 Å². The number of nitrogens with two attached hydrogens (primary N) is 1. The number of piperidine rings is 1. The van der Waals surface area contributed by atoms with Crippen molar-refractivity contribution in [2.75, 3.05) is 17.6 Å². The molecular formula is C12H16N4O2. The zero-order chi connectivity index (χ0) is 13.0. The van der Waals surface area contributed by atoms with E-state index in [1.165, 1.54) is 0 Å². The van der Waals surface area contributed by atoms with Crippen molar-refractivity contribution >= 4 is 23.3 Å². The SMILES string of the molecule is Nc1cccc(NC(=O)NC2CCCNC2=O)c1. The molecular weight excluding hydrogens is 232 g/mol. The van der Waals surface area contributed by atoms with Gasteiger partial charge in [-0.2, -0.15) is 0 Å². The molecule has 0 bridgehead atoms. The minimum atomic E-state index is -0.459. The molecule has 1 fully saturated rings. The second kappa shape index (κ2) is 5.39. The number of nitrogen functional groups attached to an aromatic ring is 1. The Hall–Kier alpha value is -2.24. The first-order valence-corrected chi connectivity index (χ1v) is 5.86. The monoisotopic (exact) mass is 248 g/mol. The van der Waals surface area contributed by atoms with E-state index in [1.54, 1.807) is 24.3 Å². The van der Waals surface area contributed by atoms with Crippen LogP contribution in [0.1, 0.15) is 12.8 Å². The molecule has 1 aromatic rings. The number of carbonyl (C=O) groups is 2. The number of hydrogen-bond acceptors (Lipinski definition) is 3. The van der Waals surface area contributed by atoms with Crippen LogP contribution in [0.5, 0.6) is 0 Å². The van der Waals surface area contributed by atoms with E-state index >= 15 is 0 Å². The Balaban J connectivity index is 1.90. The molecule has 96 valence electrons. The number of rotatable bonds is 2. The summed E-state index contributed by atoms with van der Waals surface area (Å²) in [5.41, 5.74) is 6.78. The predicted octanol–water partition coefficient (Wildman–Crippen LogP) is 0.669. The molecule has 0 aromatic heterocycles. The molecule has 6 nitrogen and oxygen atoms in total. The summed E-state index contributed by atoms with van der Waals surface area (Å²) in [6.45, 7) is 0.674. The van der Waals surface area contributed by atoms with Crippen molar-refractivity contribution in [1.82, 2.24) is 10.6 Å². The molecule has 0 saturated carbocycles. The molecule has 6 heteroatoms. The van der Waals surface area contributed by atoms with Gasteiger partial charge in [-0.25, -0.2) is 4.79 Å². The minimum absolute atomic E-state index is 0.135. The first-order valence-electron chi connectivity index (χ1n) is 5.86. The molecule has 1 aliphatic rings. The molecule has 1 unspecified atom stereocenters. The van der Waals surface area contributed by atoms with Crippen molar-refractivity contribution in [3.05, 3.63) is 24.3 Å². The summed E-state index contributed by atoms with van der Waals surface area (Å²) in [4.78, 5) is 23.2. The summed E-state index contributed by atoms with van der Waals surface area (Å²) < 4.78 is 0. The highest BCUT2D eigenvalue weighted by atomic mass is 16.2. The Morgan fingerprint density at radius 2 is 2.28 bits per heavy atom. The van der Waals surface area contributed by atoms with Crippen molar-refractivity contribution in [2.45, 2.75) is 18.9 Å². The van der Waals surface area contributed by atoms with Gasteiger partial charge in [-0.3, -0.25) is 4.79 Å². The van der Waals surface area contributed by atoms with Gasteiger partial charge >= 0.3 is 6.03 Å². The number of anilines is 2. The maximum absolute atomic E-state index is 11.7. The number of amides is 3. The van der Waals surface area contributed by atoms with E-state index in [2.05, 4.69) is 16.0 Å². The Morgan fingerprint density at radius 3 is 3.00 bits per heavy atom. The number of hydrogen-bond donors (Lipinski definition) is 4. The second-order valence-electron chi connectivity index (χ2n) is 4.21. The van der Waals surface area contributed by atoms with Gasteiger partial charge in [0, 0.05) is 17.9 Å². The number of benzene rings is 1. The van der Waals surface area contributed by atoms with Crippen molar-refractivity contribution in [1.29, 1.82) is 0 Å². The molecule has 0 radical (unpaired) electrons. The second-order valence-corrected chi connectivity index (χ2v) is 4.21. The van der Waals surface area contributed by atoms with E-state index in [1.807, 2.05) is 0 Å². The highest BCUT2D eigenvalue weighted by Gasteiger charge is 2.23. The van der Waals surface area contributed by atoms with Crippen LogP contribution in [-0.2, 0) is 4.79 Å². The standard InChI is InChI=1S/C12H16N4O2/c13-8-3-1-4-9(7-8)15-12(18)16-10-5-2-6-14-11(10)17/h1,3-4,7,10H,2,5-6,13H2,(H,14,17)(H2,15,16,18). The quantitative estimate of drug-likeness (QED) is 0.579. The van der Waals surface area contributed by atoms with Gasteiger partial charge in [-0.1, -0.05) is 6.07 Å². The number of nitrogens with one attached hydrogen (secondary N) is 3. The normalized spacial score (nSPS) is 18.9. The third-order valence-electron chi connectivity index (χ3n) is 2.74. The molecule has 1 atom stereocenters. The summed E-state index contributed by atoms with van der Waals surface area (Å²) >= 11 is 0. The zero-order valence-corrected chi connectivity index (χ0v) is 9.90. The van der Waals surface area contributed by atoms with Gasteiger partial charge in [-0.15, -0.1) is 0 Å². The lowest BCUT2D eigenvalue weighted by molar-refractivity contribution is -0.124. The third-order valence-corrected chi connectivity index (χ3v) is 2.74. The number of carbonyl (C=O) groups excluding carboxylic acids is 2. The highest BCUT2D eigenvalue weighted by Crippen LogP contribution is 2.11. The molecule has 1 heterocycles. The van der Waals surface area contributed by atoms with Crippen LogP contribution in [0.3, 0.4) is 0 Å². The molecule has 1 aromatic carbocycles. The van der Waals surface area contributed by atoms with Gasteiger partial charge in [0.05, 0.1) is 0 Å². The largest absolute Gasteiger partial charge is 0.399 e. The Labute approximate surface area is 105 Å². The summed E-state index contributed by atoms with van der Waals surface area (Å²) in [5.74, 6) is -0.135. The van der Waals surface area contributed by atoms with Crippen LogP contribution >= 0.6 is 0 Å². The van der Waals surface area contributed by atoms with Gasteiger partial charge in [0.15, 0.2) is 0 Å².